The molecule has 4 nitrogen and oxygen atoms in total. The number of nitrogens with zero attached hydrogens (tertiary/aromatic N) is 2. The van der Waals surface area contributed by atoms with Gasteiger partial charge in [-0.1, -0.05) is 56.6 Å². The summed E-state index contributed by atoms with van der Waals surface area (Å²) in [4.78, 5) is 16.1. The number of hydrogen-bond donors (Lipinski definition) is 1. The first-order valence-electron chi connectivity index (χ1n) is 8.59. The van der Waals surface area contributed by atoms with Crippen LogP contribution in [0.4, 0.5) is 13.2 Å². The number of carbonyl (C=O) groups excluding carboxylic acids is 1. The van der Waals surface area contributed by atoms with Crippen LogP contribution in [0.3, 0.4) is 0 Å². The predicted octanol–water partition coefficient (Wildman–Crippen LogP) is 5.23. The molecule has 1 N–H and O–H groups in total. The van der Waals surface area contributed by atoms with Gasteiger partial charge in [-0.2, -0.15) is 13.2 Å². The fourth-order valence-electron chi connectivity index (χ4n) is 2.82. The Morgan fingerprint density at radius 3 is 2.36 bits per heavy atom. The number of nitrogens with one attached hydrogen (secondary N) is 1. The summed E-state index contributed by atoms with van der Waals surface area (Å²) >= 11 is 5.82. The molecule has 0 radical (unpaired) electrons. The van der Waals surface area contributed by atoms with Crippen LogP contribution in [-0.2, 0) is 18.1 Å². The Morgan fingerprint density at radius 1 is 1.14 bits per heavy atom. The lowest BCUT2D eigenvalue weighted by Gasteiger charge is -2.19. The molecule has 0 aliphatic carbocycles. The van der Waals surface area contributed by atoms with Crippen molar-refractivity contribution in [3.8, 4) is 0 Å². The number of fused-ring (bicyclic) bond motifs is 1. The summed E-state index contributed by atoms with van der Waals surface area (Å²) in [6.45, 7) is 6.35. The van der Waals surface area contributed by atoms with Crippen molar-refractivity contribution >= 4 is 23.2 Å². The summed E-state index contributed by atoms with van der Waals surface area (Å²) in [7, 11) is 0. The second-order valence-corrected chi connectivity index (χ2v) is 7.95. The molecule has 148 valence electrons. The average Bonchev–Trinajstić information content (AvgIpc) is 2.98. The normalized spacial score (nSPS) is 12.4. The van der Waals surface area contributed by atoms with Gasteiger partial charge in [0.15, 0.2) is 5.69 Å². The molecule has 3 aromatic rings. The van der Waals surface area contributed by atoms with Gasteiger partial charge in [-0.3, -0.25) is 9.20 Å². The second kappa shape index (κ2) is 7.13. The number of aromatic nitrogens is 2. The number of pyridine rings is 1. The van der Waals surface area contributed by atoms with Crippen molar-refractivity contribution in [2.24, 2.45) is 0 Å². The van der Waals surface area contributed by atoms with E-state index in [1.54, 1.807) is 0 Å². The number of halogens is 4. The van der Waals surface area contributed by atoms with Gasteiger partial charge < -0.3 is 5.32 Å². The highest BCUT2D eigenvalue weighted by Crippen LogP contribution is 2.32. The van der Waals surface area contributed by atoms with Crippen LogP contribution in [0.2, 0.25) is 5.02 Å². The molecular weight excluding hydrogens is 391 g/mol. The third-order valence-electron chi connectivity index (χ3n) is 4.34. The summed E-state index contributed by atoms with van der Waals surface area (Å²) < 4.78 is 41.2. The zero-order chi connectivity index (χ0) is 20.7. The van der Waals surface area contributed by atoms with E-state index in [2.05, 4.69) is 31.1 Å². The first kappa shape index (κ1) is 20.2. The Hall–Kier alpha value is -2.54. The van der Waals surface area contributed by atoms with Gasteiger partial charge in [-0.05, 0) is 22.6 Å². The van der Waals surface area contributed by atoms with Crippen LogP contribution in [0.25, 0.3) is 5.65 Å². The van der Waals surface area contributed by atoms with Gasteiger partial charge in [0.25, 0.3) is 5.91 Å². The summed E-state index contributed by atoms with van der Waals surface area (Å²) in [5, 5.41) is 2.78. The van der Waals surface area contributed by atoms with E-state index in [1.807, 2.05) is 24.3 Å². The zero-order valence-electron chi connectivity index (χ0n) is 15.6. The van der Waals surface area contributed by atoms with Crippen LogP contribution in [-0.4, -0.2) is 15.3 Å². The minimum atomic E-state index is -4.76. The van der Waals surface area contributed by atoms with E-state index >= 15 is 0 Å². The number of benzene rings is 1. The van der Waals surface area contributed by atoms with Crippen molar-refractivity contribution in [3.63, 3.8) is 0 Å². The van der Waals surface area contributed by atoms with Gasteiger partial charge >= 0.3 is 6.18 Å². The monoisotopic (exact) mass is 409 g/mol. The van der Waals surface area contributed by atoms with Gasteiger partial charge in [0.1, 0.15) is 11.3 Å². The van der Waals surface area contributed by atoms with Crippen molar-refractivity contribution in [2.45, 2.75) is 38.9 Å². The molecule has 0 saturated carbocycles. The van der Waals surface area contributed by atoms with Crippen LogP contribution in [0.5, 0.6) is 0 Å². The molecule has 0 unspecified atom stereocenters. The fourth-order valence-corrected chi connectivity index (χ4v) is 2.98. The molecule has 0 aliphatic heterocycles. The van der Waals surface area contributed by atoms with E-state index in [4.69, 9.17) is 11.6 Å². The number of hydrogen-bond acceptors (Lipinski definition) is 2. The molecule has 0 saturated heterocycles. The molecule has 0 spiro atoms. The highest BCUT2D eigenvalue weighted by molar-refractivity contribution is 6.30. The molecule has 2 aromatic heterocycles. The standard InChI is InChI=1S/C20H19ClF3N3O/c1-19(2,3)13-6-4-12(5-7-13)11-25-18(28)16-17(20(22,23)24)26-15-10-14(21)8-9-27(15)16/h4-10H,11H2,1-3H3,(H,25,28). The molecule has 0 fully saturated rings. The van der Waals surface area contributed by atoms with Crippen molar-refractivity contribution in [2.75, 3.05) is 0 Å². The van der Waals surface area contributed by atoms with Crippen LogP contribution in [0.1, 0.15) is 48.1 Å². The van der Waals surface area contributed by atoms with E-state index in [-0.39, 0.29) is 22.6 Å². The van der Waals surface area contributed by atoms with E-state index in [9.17, 15) is 18.0 Å². The largest absolute Gasteiger partial charge is 0.435 e. The summed E-state index contributed by atoms with van der Waals surface area (Å²) in [6, 6.07) is 10.3. The first-order valence-corrected chi connectivity index (χ1v) is 8.97. The van der Waals surface area contributed by atoms with Crippen LogP contribution >= 0.6 is 11.6 Å². The SMILES string of the molecule is CC(C)(C)c1ccc(CNC(=O)c2c(C(F)(F)F)nc3cc(Cl)ccn23)cc1. The average molecular weight is 410 g/mol. The fraction of sp³-hybridized carbons (Fsp3) is 0.300. The molecule has 3 rings (SSSR count). The number of amides is 1. The highest BCUT2D eigenvalue weighted by Gasteiger charge is 2.40. The highest BCUT2D eigenvalue weighted by atomic mass is 35.5. The Bertz CT molecular complexity index is 1020. The maximum absolute atomic E-state index is 13.4. The van der Waals surface area contributed by atoms with Gasteiger partial charge in [-0.25, -0.2) is 4.98 Å². The molecular formula is C20H19ClF3N3O. The first-order chi connectivity index (χ1) is 13.0. The Balaban J connectivity index is 1.87. The number of alkyl halides is 3. The molecule has 0 aliphatic rings. The lowest BCUT2D eigenvalue weighted by molar-refractivity contribution is -0.141. The van der Waals surface area contributed by atoms with Crippen molar-refractivity contribution < 1.29 is 18.0 Å². The van der Waals surface area contributed by atoms with Crippen molar-refractivity contribution in [3.05, 3.63) is 70.1 Å². The molecule has 8 heteroatoms. The molecule has 2 heterocycles. The van der Waals surface area contributed by atoms with E-state index in [0.717, 1.165) is 15.5 Å². The van der Waals surface area contributed by atoms with Crippen molar-refractivity contribution in [1.82, 2.24) is 14.7 Å². The minimum absolute atomic E-state index is 0.0127. The lowest BCUT2D eigenvalue weighted by Crippen LogP contribution is -2.27. The summed E-state index contributed by atoms with van der Waals surface area (Å²) in [5.41, 5.74) is 0.0500. The Kier molecular flexibility index (Phi) is 5.14. The Labute approximate surface area is 165 Å². The van der Waals surface area contributed by atoms with Crippen LogP contribution < -0.4 is 5.32 Å². The maximum Gasteiger partial charge on any atom is 0.435 e. The van der Waals surface area contributed by atoms with Gasteiger partial charge in [-0.15, -0.1) is 0 Å². The predicted molar refractivity (Wildman–Crippen MR) is 102 cm³/mol. The van der Waals surface area contributed by atoms with Crippen LogP contribution in [0, 0.1) is 0 Å². The second-order valence-electron chi connectivity index (χ2n) is 7.51. The molecule has 28 heavy (non-hydrogen) atoms. The number of carbonyl (C=O) groups is 1. The van der Waals surface area contributed by atoms with Gasteiger partial charge in [0.2, 0.25) is 0 Å². The minimum Gasteiger partial charge on any atom is -0.347 e. The smallest absolute Gasteiger partial charge is 0.347 e. The lowest BCUT2D eigenvalue weighted by atomic mass is 9.87. The summed E-state index contributed by atoms with van der Waals surface area (Å²) in [5.74, 6) is -0.859. The molecule has 0 bridgehead atoms. The summed E-state index contributed by atoms with van der Waals surface area (Å²) in [6.07, 6.45) is -3.47. The molecule has 1 aromatic carbocycles. The molecule has 0 atom stereocenters. The molecule has 1 amide bonds. The Morgan fingerprint density at radius 2 is 1.79 bits per heavy atom. The third-order valence-corrected chi connectivity index (χ3v) is 4.58. The van der Waals surface area contributed by atoms with Crippen LogP contribution in [0.15, 0.2) is 42.6 Å². The van der Waals surface area contributed by atoms with E-state index in [1.165, 1.54) is 18.3 Å². The number of rotatable bonds is 3. The quantitative estimate of drug-likeness (QED) is 0.643. The topological polar surface area (TPSA) is 46.4 Å². The third kappa shape index (κ3) is 4.14. The van der Waals surface area contributed by atoms with Crippen molar-refractivity contribution in [1.29, 1.82) is 0 Å². The van der Waals surface area contributed by atoms with Gasteiger partial charge in [0, 0.05) is 23.8 Å². The zero-order valence-corrected chi connectivity index (χ0v) is 16.3. The van der Waals surface area contributed by atoms with E-state index in [0.29, 0.717) is 0 Å². The maximum atomic E-state index is 13.4. The van der Waals surface area contributed by atoms with E-state index < -0.39 is 23.5 Å². The number of imidazole rings is 1. The van der Waals surface area contributed by atoms with Gasteiger partial charge in [0.05, 0.1) is 0 Å².